The Morgan fingerprint density at radius 1 is 1.29 bits per heavy atom. The van der Waals surface area contributed by atoms with Gasteiger partial charge in [-0.15, -0.1) is 0 Å². The van der Waals surface area contributed by atoms with Crippen LogP contribution in [-0.4, -0.2) is 18.4 Å². The van der Waals surface area contributed by atoms with Gasteiger partial charge in [-0.3, -0.25) is 0 Å². The van der Waals surface area contributed by atoms with E-state index in [0.717, 1.165) is 5.75 Å². The molecular formula is C11H17NO2. The largest absolute Gasteiger partial charge is 0.492 e. The lowest BCUT2D eigenvalue weighted by atomic mass is 10.0. The highest BCUT2D eigenvalue weighted by Gasteiger charge is 1.98. The average molecular weight is 195 g/mol. The van der Waals surface area contributed by atoms with Crippen molar-refractivity contribution >= 4 is 0 Å². The van der Waals surface area contributed by atoms with Crippen LogP contribution in [0, 0.1) is 0 Å². The number of benzene rings is 1. The molecule has 1 rings (SSSR count). The Balaban J connectivity index is 2.47. The van der Waals surface area contributed by atoms with Crippen LogP contribution in [-0.2, 0) is 0 Å². The van der Waals surface area contributed by atoms with Crippen molar-refractivity contribution in [2.24, 2.45) is 0 Å². The predicted octanol–water partition coefficient (Wildman–Crippen LogP) is 2.17. The van der Waals surface area contributed by atoms with Crippen molar-refractivity contribution < 1.29 is 9.94 Å². The molecule has 0 saturated carbocycles. The van der Waals surface area contributed by atoms with Crippen molar-refractivity contribution in [3.63, 3.8) is 0 Å². The van der Waals surface area contributed by atoms with Gasteiger partial charge < -0.3 is 9.94 Å². The van der Waals surface area contributed by atoms with Crippen LogP contribution in [0.3, 0.4) is 0 Å². The summed E-state index contributed by atoms with van der Waals surface area (Å²) in [6.45, 7) is 5.22. The summed E-state index contributed by atoms with van der Waals surface area (Å²) in [5, 5.41) is 8.33. The Bertz CT molecular complexity index is 256. The van der Waals surface area contributed by atoms with Gasteiger partial charge in [-0.05, 0) is 23.6 Å². The summed E-state index contributed by atoms with van der Waals surface area (Å²) in [6, 6.07) is 8.03. The molecule has 0 spiro atoms. The highest BCUT2D eigenvalue weighted by molar-refractivity contribution is 5.28. The van der Waals surface area contributed by atoms with Crippen LogP contribution >= 0.6 is 0 Å². The first-order valence-electron chi connectivity index (χ1n) is 4.83. The Labute approximate surface area is 84.7 Å². The second-order valence-corrected chi connectivity index (χ2v) is 3.48. The molecule has 14 heavy (non-hydrogen) atoms. The molecule has 0 bridgehead atoms. The minimum absolute atomic E-state index is 0.436. The zero-order valence-electron chi connectivity index (χ0n) is 8.66. The highest BCUT2D eigenvalue weighted by atomic mass is 16.5. The van der Waals surface area contributed by atoms with Crippen LogP contribution in [0.4, 0.5) is 0 Å². The molecule has 0 amide bonds. The first-order valence-corrected chi connectivity index (χ1v) is 4.83. The summed E-state index contributed by atoms with van der Waals surface area (Å²) < 4.78 is 5.36. The first kappa shape index (κ1) is 11.0. The molecule has 78 valence electrons. The molecule has 1 aromatic carbocycles. The van der Waals surface area contributed by atoms with Gasteiger partial charge in [0.2, 0.25) is 0 Å². The van der Waals surface area contributed by atoms with Crippen LogP contribution < -0.4 is 10.2 Å². The molecule has 0 aliphatic carbocycles. The summed E-state index contributed by atoms with van der Waals surface area (Å²) in [5.41, 5.74) is 3.35. The van der Waals surface area contributed by atoms with Crippen LogP contribution in [0.5, 0.6) is 5.75 Å². The lowest BCUT2D eigenvalue weighted by Gasteiger charge is -2.08. The average Bonchev–Trinajstić information content (AvgIpc) is 2.19. The lowest BCUT2D eigenvalue weighted by Crippen LogP contribution is -2.16. The van der Waals surface area contributed by atoms with Gasteiger partial charge in [0.1, 0.15) is 12.4 Å². The highest BCUT2D eigenvalue weighted by Crippen LogP contribution is 2.18. The van der Waals surface area contributed by atoms with Gasteiger partial charge in [-0.2, -0.15) is 0 Å². The summed E-state index contributed by atoms with van der Waals surface area (Å²) >= 11 is 0. The number of hydroxylamine groups is 1. The number of rotatable bonds is 5. The Morgan fingerprint density at radius 2 is 1.93 bits per heavy atom. The normalized spacial score (nSPS) is 10.6. The third kappa shape index (κ3) is 3.36. The van der Waals surface area contributed by atoms with E-state index in [1.54, 1.807) is 0 Å². The minimum atomic E-state index is 0.436. The van der Waals surface area contributed by atoms with Gasteiger partial charge in [0.05, 0.1) is 6.54 Å². The van der Waals surface area contributed by atoms with Crippen molar-refractivity contribution in [3.05, 3.63) is 29.8 Å². The minimum Gasteiger partial charge on any atom is -0.492 e. The van der Waals surface area contributed by atoms with Gasteiger partial charge in [-0.1, -0.05) is 26.0 Å². The SMILES string of the molecule is CC(C)c1ccc(OCCNO)cc1. The predicted molar refractivity (Wildman–Crippen MR) is 55.8 cm³/mol. The summed E-state index contributed by atoms with van der Waals surface area (Å²) in [5.74, 6) is 1.38. The van der Waals surface area contributed by atoms with E-state index in [1.165, 1.54) is 5.56 Å². The molecule has 0 heterocycles. The van der Waals surface area contributed by atoms with Gasteiger partial charge >= 0.3 is 0 Å². The molecule has 2 N–H and O–H groups in total. The molecule has 0 aromatic heterocycles. The van der Waals surface area contributed by atoms with Crippen molar-refractivity contribution in [2.45, 2.75) is 19.8 Å². The monoisotopic (exact) mass is 195 g/mol. The quantitative estimate of drug-likeness (QED) is 0.559. The number of nitrogens with one attached hydrogen (secondary N) is 1. The molecule has 0 saturated heterocycles. The number of hydrogen-bond donors (Lipinski definition) is 2. The summed E-state index contributed by atoms with van der Waals surface area (Å²) in [6.07, 6.45) is 0. The van der Waals surface area contributed by atoms with Crippen molar-refractivity contribution in [3.8, 4) is 5.75 Å². The van der Waals surface area contributed by atoms with Crippen molar-refractivity contribution in [1.29, 1.82) is 0 Å². The maximum atomic E-state index is 8.33. The fraction of sp³-hybridized carbons (Fsp3) is 0.455. The first-order chi connectivity index (χ1) is 6.74. The van der Waals surface area contributed by atoms with E-state index in [-0.39, 0.29) is 0 Å². The van der Waals surface area contributed by atoms with E-state index >= 15 is 0 Å². The van der Waals surface area contributed by atoms with Gasteiger partial charge in [-0.25, -0.2) is 5.48 Å². The fourth-order valence-electron chi connectivity index (χ4n) is 1.16. The van der Waals surface area contributed by atoms with Crippen molar-refractivity contribution in [2.75, 3.05) is 13.2 Å². The summed E-state index contributed by atoms with van der Waals surface area (Å²) in [7, 11) is 0. The zero-order valence-corrected chi connectivity index (χ0v) is 8.66. The lowest BCUT2D eigenvalue weighted by molar-refractivity contribution is 0.145. The van der Waals surface area contributed by atoms with E-state index in [1.807, 2.05) is 17.6 Å². The van der Waals surface area contributed by atoms with E-state index < -0.39 is 0 Å². The van der Waals surface area contributed by atoms with Gasteiger partial charge in [0, 0.05) is 0 Å². The second-order valence-electron chi connectivity index (χ2n) is 3.48. The van der Waals surface area contributed by atoms with E-state index in [0.29, 0.717) is 19.1 Å². The maximum absolute atomic E-state index is 8.33. The third-order valence-electron chi connectivity index (χ3n) is 2.03. The van der Waals surface area contributed by atoms with Crippen LogP contribution in [0.25, 0.3) is 0 Å². The number of hydrogen-bond acceptors (Lipinski definition) is 3. The second kappa shape index (κ2) is 5.62. The number of ether oxygens (including phenoxy) is 1. The van der Waals surface area contributed by atoms with Gasteiger partial charge in [0.25, 0.3) is 0 Å². The molecule has 1 aromatic rings. The summed E-state index contributed by atoms with van der Waals surface area (Å²) in [4.78, 5) is 0. The van der Waals surface area contributed by atoms with Crippen LogP contribution in [0.1, 0.15) is 25.3 Å². The molecule has 0 aliphatic rings. The maximum Gasteiger partial charge on any atom is 0.119 e. The molecule has 3 heteroatoms. The van der Waals surface area contributed by atoms with Gasteiger partial charge in [0.15, 0.2) is 0 Å². The van der Waals surface area contributed by atoms with E-state index in [9.17, 15) is 0 Å². The molecular weight excluding hydrogens is 178 g/mol. The van der Waals surface area contributed by atoms with Crippen molar-refractivity contribution in [1.82, 2.24) is 5.48 Å². The van der Waals surface area contributed by atoms with E-state index in [4.69, 9.17) is 9.94 Å². The smallest absolute Gasteiger partial charge is 0.119 e. The standard InChI is InChI=1S/C11H17NO2/c1-9(2)10-3-5-11(6-4-10)14-8-7-12-13/h3-6,9,12-13H,7-8H2,1-2H3. The topological polar surface area (TPSA) is 41.5 Å². The molecule has 0 aliphatic heterocycles. The van der Waals surface area contributed by atoms with Crippen LogP contribution in [0.15, 0.2) is 24.3 Å². The fourth-order valence-corrected chi connectivity index (χ4v) is 1.16. The Kier molecular flexibility index (Phi) is 4.43. The third-order valence-corrected chi connectivity index (χ3v) is 2.03. The van der Waals surface area contributed by atoms with E-state index in [2.05, 4.69) is 26.0 Å². The zero-order chi connectivity index (χ0) is 10.4. The molecule has 0 radical (unpaired) electrons. The van der Waals surface area contributed by atoms with Crippen LogP contribution in [0.2, 0.25) is 0 Å². The molecule has 0 fully saturated rings. The molecule has 0 unspecified atom stereocenters. The Morgan fingerprint density at radius 3 is 2.43 bits per heavy atom. The molecule has 0 atom stereocenters. The Hall–Kier alpha value is -1.06. The molecule has 3 nitrogen and oxygen atoms in total.